The molecular weight excluding hydrogens is 244 g/mol. The lowest BCUT2D eigenvalue weighted by Gasteiger charge is -2.03. The third-order valence-corrected chi connectivity index (χ3v) is 4.09. The third-order valence-electron chi connectivity index (χ3n) is 2.99. The molecule has 0 amide bonds. The molecule has 2 heterocycles. The van der Waals surface area contributed by atoms with Gasteiger partial charge in [0, 0.05) is 18.8 Å². The van der Waals surface area contributed by atoms with Crippen molar-refractivity contribution in [3.63, 3.8) is 0 Å². The van der Waals surface area contributed by atoms with Gasteiger partial charge in [-0.15, -0.1) is 11.3 Å². The Morgan fingerprint density at radius 3 is 2.89 bits per heavy atom. The van der Waals surface area contributed by atoms with Gasteiger partial charge in [-0.1, -0.05) is 12.1 Å². The average molecular weight is 258 g/mol. The highest BCUT2D eigenvalue weighted by Gasteiger charge is 2.16. The van der Waals surface area contributed by atoms with E-state index in [0.717, 1.165) is 16.1 Å². The number of hydrogen-bond donors (Lipinski definition) is 1. The SMILES string of the molecule is Cc1cccc2sc(C(N)c3cnn(C)c3)nc12. The molecule has 0 aliphatic rings. The molecule has 0 radical (unpaired) electrons. The molecule has 2 aromatic heterocycles. The second kappa shape index (κ2) is 4.19. The van der Waals surface area contributed by atoms with Crippen molar-refractivity contribution in [2.75, 3.05) is 0 Å². The number of rotatable bonds is 2. The molecule has 1 unspecified atom stereocenters. The van der Waals surface area contributed by atoms with E-state index in [4.69, 9.17) is 5.73 Å². The molecule has 0 spiro atoms. The van der Waals surface area contributed by atoms with Gasteiger partial charge in [-0.25, -0.2) is 4.98 Å². The molecule has 0 fully saturated rings. The minimum absolute atomic E-state index is 0.199. The molecule has 2 N–H and O–H groups in total. The standard InChI is InChI=1S/C13H14N4S/c1-8-4-3-5-10-12(8)16-13(18-10)11(14)9-6-15-17(2)7-9/h3-7,11H,14H2,1-2H3. The summed E-state index contributed by atoms with van der Waals surface area (Å²) in [6.45, 7) is 2.07. The van der Waals surface area contributed by atoms with E-state index < -0.39 is 0 Å². The first-order valence-electron chi connectivity index (χ1n) is 5.75. The van der Waals surface area contributed by atoms with E-state index in [-0.39, 0.29) is 6.04 Å². The van der Waals surface area contributed by atoms with E-state index in [0.29, 0.717) is 0 Å². The van der Waals surface area contributed by atoms with Gasteiger partial charge in [0.25, 0.3) is 0 Å². The Morgan fingerprint density at radius 2 is 2.22 bits per heavy atom. The van der Waals surface area contributed by atoms with Gasteiger partial charge in [0.1, 0.15) is 5.01 Å². The van der Waals surface area contributed by atoms with Crippen LogP contribution in [-0.4, -0.2) is 14.8 Å². The molecule has 3 aromatic rings. The number of para-hydroxylation sites is 1. The van der Waals surface area contributed by atoms with Crippen LogP contribution in [0, 0.1) is 6.92 Å². The molecule has 1 aromatic carbocycles. The van der Waals surface area contributed by atoms with Crippen LogP contribution in [0.15, 0.2) is 30.6 Å². The molecule has 4 nitrogen and oxygen atoms in total. The molecule has 3 rings (SSSR count). The van der Waals surface area contributed by atoms with E-state index in [1.807, 2.05) is 13.2 Å². The van der Waals surface area contributed by atoms with Crippen LogP contribution in [0.1, 0.15) is 22.2 Å². The number of benzene rings is 1. The lowest BCUT2D eigenvalue weighted by molar-refractivity contribution is 0.765. The summed E-state index contributed by atoms with van der Waals surface area (Å²) in [4.78, 5) is 4.65. The maximum absolute atomic E-state index is 6.24. The Balaban J connectivity index is 2.06. The highest BCUT2D eigenvalue weighted by molar-refractivity contribution is 7.18. The summed E-state index contributed by atoms with van der Waals surface area (Å²) < 4.78 is 2.94. The van der Waals surface area contributed by atoms with E-state index >= 15 is 0 Å². The molecule has 0 saturated carbocycles. The van der Waals surface area contributed by atoms with Crippen LogP contribution in [-0.2, 0) is 7.05 Å². The van der Waals surface area contributed by atoms with E-state index in [2.05, 4.69) is 35.2 Å². The maximum Gasteiger partial charge on any atom is 0.115 e. The Bertz CT molecular complexity index is 698. The summed E-state index contributed by atoms with van der Waals surface area (Å²) in [5.74, 6) is 0. The molecule has 18 heavy (non-hydrogen) atoms. The van der Waals surface area contributed by atoms with Crippen molar-refractivity contribution in [3.8, 4) is 0 Å². The summed E-state index contributed by atoms with van der Waals surface area (Å²) in [6, 6.07) is 6.01. The summed E-state index contributed by atoms with van der Waals surface area (Å²) >= 11 is 1.65. The quantitative estimate of drug-likeness (QED) is 0.768. The second-order valence-electron chi connectivity index (χ2n) is 4.40. The van der Waals surface area contributed by atoms with Crippen LogP contribution in [0.3, 0.4) is 0 Å². The minimum Gasteiger partial charge on any atom is -0.318 e. The van der Waals surface area contributed by atoms with Crippen molar-refractivity contribution < 1.29 is 0 Å². The summed E-state index contributed by atoms with van der Waals surface area (Å²) in [7, 11) is 1.89. The van der Waals surface area contributed by atoms with Gasteiger partial charge < -0.3 is 5.73 Å². The highest BCUT2D eigenvalue weighted by Crippen LogP contribution is 2.29. The zero-order valence-corrected chi connectivity index (χ0v) is 11.1. The topological polar surface area (TPSA) is 56.7 Å². The van der Waals surface area contributed by atoms with Crippen LogP contribution in [0.4, 0.5) is 0 Å². The zero-order chi connectivity index (χ0) is 12.7. The fourth-order valence-corrected chi connectivity index (χ4v) is 3.05. The maximum atomic E-state index is 6.24. The Hall–Kier alpha value is -1.72. The van der Waals surface area contributed by atoms with Crippen LogP contribution in [0.5, 0.6) is 0 Å². The minimum atomic E-state index is -0.199. The normalized spacial score (nSPS) is 13.1. The van der Waals surface area contributed by atoms with Gasteiger partial charge in [0.15, 0.2) is 0 Å². The van der Waals surface area contributed by atoms with Crippen LogP contribution >= 0.6 is 11.3 Å². The van der Waals surface area contributed by atoms with Crippen LogP contribution < -0.4 is 5.73 Å². The van der Waals surface area contributed by atoms with Gasteiger partial charge in [0.2, 0.25) is 0 Å². The monoisotopic (exact) mass is 258 g/mol. The number of fused-ring (bicyclic) bond motifs is 1. The average Bonchev–Trinajstić information content (AvgIpc) is 2.95. The molecule has 92 valence electrons. The number of hydrogen-bond acceptors (Lipinski definition) is 4. The Morgan fingerprint density at radius 1 is 1.39 bits per heavy atom. The zero-order valence-electron chi connectivity index (χ0n) is 10.3. The van der Waals surface area contributed by atoms with Crippen molar-refractivity contribution in [3.05, 3.63) is 46.7 Å². The third kappa shape index (κ3) is 1.81. The number of nitrogens with zero attached hydrogens (tertiary/aromatic N) is 3. The van der Waals surface area contributed by atoms with Gasteiger partial charge >= 0.3 is 0 Å². The molecule has 1 atom stereocenters. The first kappa shape index (κ1) is 11.4. The fourth-order valence-electron chi connectivity index (χ4n) is 1.98. The van der Waals surface area contributed by atoms with Crippen molar-refractivity contribution in [2.24, 2.45) is 12.8 Å². The number of nitrogens with two attached hydrogens (primary N) is 1. The van der Waals surface area contributed by atoms with Gasteiger partial charge in [0.05, 0.1) is 22.5 Å². The van der Waals surface area contributed by atoms with Crippen molar-refractivity contribution in [1.29, 1.82) is 0 Å². The molecule has 5 heteroatoms. The van der Waals surface area contributed by atoms with Crippen molar-refractivity contribution in [2.45, 2.75) is 13.0 Å². The highest BCUT2D eigenvalue weighted by atomic mass is 32.1. The van der Waals surface area contributed by atoms with Gasteiger partial charge in [-0.05, 0) is 18.6 Å². The van der Waals surface area contributed by atoms with Crippen LogP contribution in [0.25, 0.3) is 10.2 Å². The van der Waals surface area contributed by atoms with Crippen molar-refractivity contribution >= 4 is 21.6 Å². The summed E-state index contributed by atoms with van der Waals surface area (Å²) in [6.07, 6.45) is 3.73. The summed E-state index contributed by atoms with van der Waals surface area (Å²) in [5.41, 5.74) is 9.47. The van der Waals surface area contributed by atoms with Gasteiger partial charge in [-0.2, -0.15) is 5.10 Å². The number of thiazole rings is 1. The Labute approximate surface area is 109 Å². The molecular formula is C13H14N4S. The summed E-state index contributed by atoms with van der Waals surface area (Å²) in [5, 5.41) is 5.09. The molecule has 0 saturated heterocycles. The molecule has 0 aliphatic heterocycles. The number of aryl methyl sites for hydroxylation is 2. The first-order chi connectivity index (χ1) is 8.65. The molecule has 0 aliphatic carbocycles. The first-order valence-corrected chi connectivity index (χ1v) is 6.57. The van der Waals surface area contributed by atoms with E-state index in [1.54, 1.807) is 22.2 Å². The number of aromatic nitrogens is 3. The van der Waals surface area contributed by atoms with E-state index in [9.17, 15) is 0 Å². The predicted molar refractivity (Wildman–Crippen MR) is 73.6 cm³/mol. The Kier molecular flexibility index (Phi) is 2.65. The predicted octanol–water partition coefficient (Wildman–Crippen LogP) is 2.39. The lowest BCUT2D eigenvalue weighted by atomic mass is 10.2. The second-order valence-corrected chi connectivity index (χ2v) is 5.46. The largest absolute Gasteiger partial charge is 0.318 e. The lowest BCUT2D eigenvalue weighted by Crippen LogP contribution is -2.10. The van der Waals surface area contributed by atoms with Gasteiger partial charge in [-0.3, -0.25) is 4.68 Å². The van der Waals surface area contributed by atoms with Crippen LogP contribution in [0.2, 0.25) is 0 Å². The molecule has 0 bridgehead atoms. The smallest absolute Gasteiger partial charge is 0.115 e. The van der Waals surface area contributed by atoms with E-state index in [1.165, 1.54) is 10.3 Å². The fraction of sp³-hybridized carbons (Fsp3) is 0.231. The van der Waals surface area contributed by atoms with Crippen molar-refractivity contribution in [1.82, 2.24) is 14.8 Å².